The zero-order chi connectivity index (χ0) is 65.2. The Kier molecular flexibility index (Phi) is 15.4. The number of ether oxygens (including phenoxy) is 2. The molecule has 6 aromatic carbocycles. The number of rotatable bonds is 10. The van der Waals surface area contributed by atoms with Gasteiger partial charge in [0, 0.05) is 57.1 Å². The van der Waals surface area contributed by atoms with Crippen LogP contribution < -0.4 is 31.7 Å². The number of nitrogens with zero attached hydrogens (tertiary/aromatic N) is 6. The smallest absolute Gasteiger partial charge is 0.444 e. The van der Waals surface area contributed by atoms with E-state index in [9.17, 15) is 31.2 Å². The van der Waals surface area contributed by atoms with Crippen molar-refractivity contribution in [2.45, 2.75) is 108 Å². The quantitative estimate of drug-likeness (QED) is 0.0700. The summed E-state index contributed by atoms with van der Waals surface area (Å²) in [5, 5.41) is 13.2. The molecular weight excluding hydrogens is 1210 g/mol. The summed E-state index contributed by atoms with van der Waals surface area (Å²) in [5.74, 6) is 2.76. The van der Waals surface area contributed by atoms with Gasteiger partial charge in [0.1, 0.15) is 22.9 Å². The Morgan fingerprint density at radius 1 is 0.527 bits per heavy atom. The second-order valence-electron chi connectivity index (χ2n) is 25.5. The lowest BCUT2D eigenvalue weighted by Gasteiger charge is -2.43. The highest BCUT2D eigenvalue weighted by atomic mass is 32.2. The highest BCUT2D eigenvalue weighted by Crippen LogP contribution is 2.49. The number of nitrogens with one attached hydrogen (secondary N) is 5. The van der Waals surface area contributed by atoms with Crippen LogP contribution in [0.25, 0.3) is 79.2 Å². The van der Waals surface area contributed by atoms with E-state index >= 15 is 0 Å². The number of alkyl halides is 3. The summed E-state index contributed by atoms with van der Waals surface area (Å²) in [7, 11) is -5.60. The number of carbonyl (C=O) groups is 2. The Morgan fingerprint density at radius 2 is 0.914 bits per heavy atom. The Bertz CT molecular complexity index is 4630. The van der Waals surface area contributed by atoms with Crippen molar-refractivity contribution in [2.24, 2.45) is 0 Å². The van der Waals surface area contributed by atoms with Crippen LogP contribution in [0.3, 0.4) is 0 Å². The molecule has 0 atom stereocenters. The van der Waals surface area contributed by atoms with Crippen LogP contribution in [0.15, 0.2) is 182 Å². The van der Waals surface area contributed by atoms with Crippen molar-refractivity contribution in [2.75, 3.05) is 21.1 Å². The maximum atomic E-state index is 13.1. The molecule has 10 aromatic rings. The Hall–Kier alpha value is -10.5. The lowest BCUT2D eigenvalue weighted by Crippen LogP contribution is -2.52. The van der Waals surface area contributed by atoms with Crippen molar-refractivity contribution in [1.82, 2.24) is 39.7 Å². The maximum Gasteiger partial charge on any atom is 0.516 e. The number of amides is 2. The van der Waals surface area contributed by atoms with Crippen LogP contribution in [0.5, 0.6) is 0 Å². The van der Waals surface area contributed by atoms with Crippen LogP contribution in [0.4, 0.5) is 57.1 Å². The summed E-state index contributed by atoms with van der Waals surface area (Å²) < 4.78 is 79.7. The third-order valence-corrected chi connectivity index (χ3v) is 18.0. The third-order valence-electron chi connectivity index (χ3n) is 16.9. The Balaban J connectivity index is 0.000000171. The standard InChI is InChI=1S/C36H33F3N6O4S.C35H34N6O2/c1-34(2,3)49-33(46)43-35(19-7-20-35)24-15-11-23(12-16-24)30-29(22-13-17-25(18-14-22)44-50(47,48)36(37,38)39)42-32-26-8-4-5-9-27(26)41-31-28(45(30)32)10-6-21-40-31;1-34(2,3)43-33(42)40-35(19-7-20-35)24-15-11-23(12-16-24)30-29(22-13-17-25(36)18-14-22)39-32-26-8-4-5-9-27(26)38-31-28(41(30)32)10-6-21-37-31/h4-6,8-18,21,44H,7,19-20H2,1-3H3,(H,40,41)(H,43,46);4-6,8-18,21H,7,19-20,36H2,1-3H3,(H,37,38)(H,40,42). The number of anilines is 6. The SMILES string of the molecule is CC(C)(C)OC(=O)NC1(c2ccc(-c3c(-c4ccc(N)cc4)nc4n3-c3cccnc3Nc3ccccc3-4)cc2)CCC1.CC(C)(C)OC(=O)NC1(c2ccc(-c3c(-c4ccc(NS(=O)(=O)C(F)(F)F)cc4)nc4n3-c3cccnc3Nc3ccccc3-4)cc2)CCC1. The van der Waals surface area contributed by atoms with E-state index in [1.54, 1.807) is 17.1 Å². The van der Waals surface area contributed by atoms with E-state index in [4.69, 9.17) is 30.2 Å². The van der Waals surface area contributed by atoms with Gasteiger partial charge in [0.15, 0.2) is 11.6 Å². The Labute approximate surface area is 535 Å². The molecule has 0 saturated heterocycles. The molecule has 2 saturated carbocycles. The minimum Gasteiger partial charge on any atom is -0.444 e. The molecule has 6 heterocycles. The van der Waals surface area contributed by atoms with Crippen molar-refractivity contribution in [1.29, 1.82) is 0 Å². The van der Waals surface area contributed by atoms with E-state index in [1.807, 2.05) is 155 Å². The lowest BCUT2D eigenvalue weighted by molar-refractivity contribution is -0.0429. The summed E-state index contributed by atoms with van der Waals surface area (Å²) >= 11 is 0. The van der Waals surface area contributed by atoms with Gasteiger partial charge in [-0.25, -0.2) is 29.5 Å². The summed E-state index contributed by atoms with van der Waals surface area (Å²) in [4.78, 5) is 45.3. The number of fused-ring (bicyclic) bond motifs is 10. The first-order chi connectivity index (χ1) is 44.3. The molecule has 0 unspecified atom stereocenters. The van der Waals surface area contributed by atoms with Gasteiger partial charge < -0.3 is 36.5 Å². The number of hydrogen-bond acceptors (Lipinski definition) is 13. The monoisotopic (exact) mass is 1270 g/mol. The van der Waals surface area contributed by atoms with E-state index < -0.39 is 50.0 Å². The van der Waals surface area contributed by atoms with Gasteiger partial charge in [0.2, 0.25) is 0 Å². The summed E-state index contributed by atoms with van der Waals surface area (Å²) in [6.07, 6.45) is 7.84. The molecule has 0 bridgehead atoms. The number of pyridine rings is 2. The zero-order valence-corrected chi connectivity index (χ0v) is 52.6. The van der Waals surface area contributed by atoms with Crippen LogP contribution in [0.2, 0.25) is 0 Å². The number of nitrogens with two attached hydrogens (primary N) is 1. The fourth-order valence-corrected chi connectivity index (χ4v) is 12.8. The molecular formula is C71H67F3N12O6S. The fraction of sp³-hybridized carbons (Fsp3) is 0.239. The van der Waals surface area contributed by atoms with E-state index in [0.717, 1.165) is 118 Å². The minimum absolute atomic E-state index is 0.245. The average Bonchev–Trinajstić information content (AvgIpc) is 1.61. The normalized spacial score (nSPS) is 14.8. The second-order valence-corrected chi connectivity index (χ2v) is 27.2. The number of aromatic nitrogens is 6. The van der Waals surface area contributed by atoms with Crippen LogP contribution in [-0.4, -0.2) is 66.4 Å². The zero-order valence-electron chi connectivity index (χ0n) is 51.8. The Morgan fingerprint density at radius 3 is 1.29 bits per heavy atom. The van der Waals surface area contributed by atoms with Gasteiger partial charge in [-0.1, -0.05) is 97.1 Å². The molecule has 7 N–H and O–H groups in total. The number of imidazole rings is 2. The predicted molar refractivity (Wildman–Crippen MR) is 355 cm³/mol. The van der Waals surface area contributed by atoms with E-state index in [2.05, 4.69) is 67.2 Å². The van der Waals surface area contributed by atoms with Crippen LogP contribution in [-0.2, 0) is 30.6 Å². The topological polar surface area (TPSA) is 234 Å². The van der Waals surface area contributed by atoms with E-state index in [0.29, 0.717) is 40.0 Å². The molecule has 0 spiro atoms. The molecule has 4 aromatic heterocycles. The summed E-state index contributed by atoms with van der Waals surface area (Å²) in [5.41, 5.74) is 12.2. The first kappa shape index (κ1) is 61.4. The van der Waals surface area contributed by atoms with Gasteiger partial charge in [0.25, 0.3) is 0 Å². The average molecular weight is 1270 g/mol. The van der Waals surface area contributed by atoms with Crippen LogP contribution in [0.1, 0.15) is 91.2 Å². The van der Waals surface area contributed by atoms with Gasteiger partial charge in [-0.2, -0.15) is 21.6 Å². The number of alkyl carbamates (subject to hydrolysis) is 2. The number of benzene rings is 6. The van der Waals surface area contributed by atoms with E-state index in [-0.39, 0.29) is 5.69 Å². The second kappa shape index (κ2) is 23.3. The predicted octanol–water partition coefficient (Wildman–Crippen LogP) is 16.3. The molecule has 14 rings (SSSR count). The molecule has 22 heteroatoms. The first-order valence-corrected chi connectivity index (χ1v) is 32.0. The molecule has 2 aliphatic carbocycles. The molecule has 2 aliphatic heterocycles. The summed E-state index contributed by atoms with van der Waals surface area (Å²) in [6.45, 7) is 11.1. The molecule has 0 radical (unpaired) electrons. The molecule has 18 nitrogen and oxygen atoms in total. The molecule has 4 aliphatic rings. The highest BCUT2D eigenvalue weighted by Gasteiger charge is 2.47. The number of halogens is 3. The largest absolute Gasteiger partial charge is 0.516 e. The van der Waals surface area contributed by atoms with Gasteiger partial charge in [-0.3, -0.25) is 13.9 Å². The highest BCUT2D eigenvalue weighted by molar-refractivity contribution is 7.93. The first-order valence-electron chi connectivity index (χ1n) is 30.5. The number of carbonyl (C=O) groups excluding carboxylic acids is 2. The number of sulfonamides is 1. The van der Waals surface area contributed by atoms with E-state index in [1.165, 1.54) is 24.3 Å². The van der Waals surface area contributed by atoms with Crippen molar-refractivity contribution in [3.05, 3.63) is 193 Å². The van der Waals surface area contributed by atoms with Gasteiger partial charge in [-0.15, -0.1) is 0 Å². The molecule has 93 heavy (non-hydrogen) atoms. The molecule has 2 fully saturated rings. The van der Waals surface area contributed by atoms with Crippen molar-refractivity contribution in [3.63, 3.8) is 0 Å². The maximum absolute atomic E-state index is 13.1. The summed E-state index contributed by atoms with van der Waals surface area (Å²) in [6, 6.07) is 53.3. The van der Waals surface area contributed by atoms with Crippen LogP contribution >= 0.6 is 0 Å². The van der Waals surface area contributed by atoms with Gasteiger partial charge >= 0.3 is 27.7 Å². The number of para-hydroxylation sites is 2. The fourth-order valence-electron chi connectivity index (χ4n) is 12.3. The number of hydrogen-bond donors (Lipinski definition) is 6. The van der Waals surface area contributed by atoms with Crippen molar-refractivity contribution in [3.8, 4) is 79.2 Å². The molecule has 2 amide bonds. The van der Waals surface area contributed by atoms with Crippen molar-refractivity contribution < 1.29 is 40.7 Å². The van der Waals surface area contributed by atoms with Crippen LogP contribution in [0, 0.1) is 0 Å². The van der Waals surface area contributed by atoms with Gasteiger partial charge in [0.05, 0.1) is 56.6 Å². The number of nitrogen functional groups attached to an aromatic ring is 1. The molecule has 474 valence electrons. The van der Waals surface area contributed by atoms with Gasteiger partial charge in [-0.05, 0) is 164 Å². The van der Waals surface area contributed by atoms with Crippen molar-refractivity contribution >= 4 is 56.6 Å². The third kappa shape index (κ3) is 12.0. The minimum atomic E-state index is -5.60. The lowest BCUT2D eigenvalue weighted by atomic mass is 9.71.